The first-order valence-corrected chi connectivity index (χ1v) is 11.3. The summed E-state index contributed by atoms with van der Waals surface area (Å²) in [7, 11) is 0. The van der Waals surface area contributed by atoms with E-state index in [4.69, 9.17) is 16.1 Å². The van der Waals surface area contributed by atoms with Crippen LogP contribution in [-0.4, -0.2) is 34.0 Å². The molecule has 0 saturated heterocycles. The lowest BCUT2D eigenvalue weighted by Gasteiger charge is -2.23. The van der Waals surface area contributed by atoms with E-state index >= 15 is 0 Å². The van der Waals surface area contributed by atoms with Gasteiger partial charge in [0.1, 0.15) is 0 Å². The lowest BCUT2D eigenvalue weighted by atomic mass is 10.1. The molecule has 0 atom stereocenters. The van der Waals surface area contributed by atoms with Gasteiger partial charge in [-0.3, -0.25) is 4.79 Å². The predicted octanol–water partition coefficient (Wildman–Crippen LogP) is 6.34. The van der Waals surface area contributed by atoms with Crippen LogP contribution in [0.25, 0.3) is 11.4 Å². The van der Waals surface area contributed by atoms with E-state index in [1.54, 1.807) is 29.2 Å². The molecule has 3 aromatic carbocycles. The van der Waals surface area contributed by atoms with Gasteiger partial charge < -0.3 is 9.42 Å². The van der Waals surface area contributed by atoms with Crippen LogP contribution in [-0.2, 0) is 19.0 Å². The minimum absolute atomic E-state index is 0.0550. The molecule has 180 valence electrons. The fraction of sp³-hybridized carbons (Fsp3) is 0.192. The summed E-state index contributed by atoms with van der Waals surface area (Å²) in [4.78, 5) is 19.1. The number of rotatable bonds is 8. The summed E-state index contributed by atoms with van der Waals surface area (Å²) in [5, 5.41) is 4.17. The number of aromatic nitrogens is 2. The monoisotopic (exact) mass is 499 g/mol. The first-order valence-electron chi connectivity index (χ1n) is 10.9. The Labute approximate surface area is 205 Å². The van der Waals surface area contributed by atoms with Crippen molar-refractivity contribution in [2.45, 2.75) is 19.0 Å². The van der Waals surface area contributed by atoms with E-state index in [1.165, 1.54) is 12.1 Å². The third-order valence-electron chi connectivity index (χ3n) is 5.42. The minimum atomic E-state index is -4.47. The molecule has 1 heterocycles. The predicted molar refractivity (Wildman–Crippen MR) is 126 cm³/mol. The van der Waals surface area contributed by atoms with Gasteiger partial charge in [0.15, 0.2) is 0 Å². The third kappa shape index (κ3) is 6.27. The number of alkyl halides is 3. The van der Waals surface area contributed by atoms with E-state index in [9.17, 15) is 18.0 Å². The van der Waals surface area contributed by atoms with Gasteiger partial charge in [0.25, 0.3) is 5.91 Å². The highest BCUT2D eigenvalue weighted by Gasteiger charge is 2.30. The molecule has 0 fully saturated rings. The highest BCUT2D eigenvalue weighted by atomic mass is 35.5. The van der Waals surface area contributed by atoms with Gasteiger partial charge in [0.05, 0.1) is 16.1 Å². The van der Waals surface area contributed by atoms with Gasteiger partial charge in [-0.05, 0) is 36.2 Å². The number of nitrogens with zero attached hydrogens (tertiary/aromatic N) is 3. The van der Waals surface area contributed by atoms with E-state index in [0.29, 0.717) is 23.6 Å². The van der Waals surface area contributed by atoms with Gasteiger partial charge in [-0.25, -0.2) is 0 Å². The maximum atomic E-state index is 13.2. The molecular formula is C26H21ClF3N3O2. The summed E-state index contributed by atoms with van der Waals surface area (Å²) >= 11 is 6.25. The number of hydrogen-bond donors (Lipinski definition) is 0. The Bertz CT molecular complexity index is 1290. The zero-order chi connectivity index (χ0) is 24.8. The van der Waals surface area contributed by atoms with Gasteiger partial charge in [0, 0.05) is 25.1 Å². The molecule has 0 N–H and O–H groups in total. The molecule has 0 aliphatic heterocycles. The van der Waals surface area contributed by atoms with Crippen LogP contribution in [0, 0.1) is 0 Å². The molecule has 0 aliphatic rings. The second-order valence-corrected chi connectivity index (χ2v) is 8.26. The highest BCUT2D eigenvalue weighted by molar-refractivity contribution is 6.33. The molecule has 0 saturated carbocycles. The highest BCUT2D eigenvalue weighted by Crippen LogP contribution is 2.31. The molecular weight excluding hydrogens is 479 g/mol. The van der Waals surface area contributed by atoms with Crippen LogP contribution in [0.15, 0.2) is 83.4 Å². The molecule has 1 amide bonds. The number of benzene rings is 3. The lowest BCUT2D eigenvalue weighted by molar-refractivity contribution is -0.137. The van der Waals surface area contributed by atoms with Gasteiger partial charge >= 0.3 is 6.18 Å². The Morgan fingerprint density at radius 3 is 2.37 bits per heavy atom. The Morgan fingerprint density at radius 2 is 1.63 bits per heavy atom. The van der Waals surface area contributed by atoms with Crippen LogP contribution in [0.2, 0.25) is 5.02 Å². The van der Waals surface area contributed by atoms with E-state index in [-0.39, 0.29) is 36.2 Å². The van der Waals surface area contributed by atoms with Crippen LogP contribution >= 0.6 is 11.6 Å². The molecule has 0 spiro atoms. The molecule has 9 heteroatoms. The second-order valence-electron chi connectivity index (χ2n) is 7.85. The second kappa shape index (κ2) is 10.7. The number of carbonyl (C=O) groups is 1. The summed E-state index contributed by atoms with van der Waals surface area (Å²) in [6, 6.07) is 21.3. The Balaban J connectivity index is 1.49. The van der Waals surface area contributed by atoms with Crippen molar-refractivity contribution in [3.63, 3.8) is 0 Å². The van der Waals surface area contributed by atoms with Crippen molar-refractivity contribution in [1.82, 2.24) is 15.0 Å². The van der Waals surface area contributed by atoms with E-state index in [2.05, 4.69) is 10.1 Å². The quantitative estimate of drug-likeness (QED) is 0.284. The average molecular weight is 500 g/mol. The Kier molecular flexibility index (Phi) is 7.51. The van der Waals surface area contributed by atoms with Crippen LogP contribution < -0.4 is 0 Å². The summed E-state index contributed by atoms with van der Waals surface area (Å²) in [6.07, 6.45) is -3.60. The zero-order valence-electron chi connectivity index (χ0n) is 18.5. The molecule has 0 unspecified atom stereocenters. The normalized spacial score (nSPS) is 11.4. The summed E-state index contributed by atoms with van der Waals surface area (Å²) in [5.41, 5.74) is 0.869. The molecule has 5 nitrogen and oxygen atoms in total. The largest absolute Gasteiger partial charge is 0.416 e. The summed E-state index contributed by atoms with van der Waals surface area (Å²) in [5.74, 6) is 0.0394. The zero-order valence-corrected chi connectivity index (χ0v) is 19.3. The maximum Gasteiger partial charge on any atom is 0.416 e. The lowest BCUT2D eigenvalue weighted by Crippen LogP contribution is -2.35. The van der Waals surface area contributed by atoms with E-state index in [0.717, 1.165) is 17.7 Å². The summed E-state index contributed by atoms with van der Waals surface area (Å²) in [6.45, 7) is 0.698. The van der Waals surface area contributed by atoms with E-state index in [1.807, 2.05) is 30.3 Å². The first kappa shape index (κ1) is 24.5. The van der Waals surface area contributed by atoms with Crippen molar-refractivity contribution < 1.29 is 22.5 Å². The fourth-order valence-electron chi connectivity index (χ4n) is 3.57. The first-order chi connectivity index (χ1) is 16.8. The van der Waals surface area contributed by atoms with Crippen molar-refractivity contribution in [2.75, 3.05) is 13.1 Å². The number of carbonyl (C=O) groups excluding carboxylic acids is 1. The maximum absolute atomic E-state index is 13.2. The third-order valence-corrected chi connectivity index (χ3v) is 5.75. The minimum Gasteiger partial charge on any atom is -0.339 e. The van der Waals surface area contributed by atoms with Gasteiger partial charge in [-0.2, -0.15) is 18.2 Å². The molecule has 4 aromatic rings. The Hall–Kier alpha value is -3.65. The van der Waals surface area contributed by atoms with Crippen molar-refractivity contribution in [3.8, 4) is 11.4 Å². The van der Waals surface area contributed by atoms with Crippen LogP contribution in [0.1, 0.15) is 27.4 Å². The van der Waals surface area contributed by atoms with Crippen molar-refractivity contribution in [3.05, 3.63) is 106 Å². The average Bonchev–Trinajstić information content (AvgIpc) is 3.33. The Morgan fingerprint density at radius 1 is 0.914 bits per heavy atom. The van der Waals surface area contributed by atoms with Gasteiger partial charge in [-0.1, -0.05) is 71.4 Å². The molecule has 0 radical (unpaired) electrons. The number of hydrogen-bond acceptors (Lipinski definition) is 4. The number of halogens is 4. The standard InChI is InChI=1S/C26H21ClF3N3O2/c27-22-12-5-4-11-21(22)25(34)33(15-13-18-7-2-1-3-8-18)16-14-23-31-24(32-35-23)19-9-6-10-20(17-19)26(28,29)30/h1-12,17H,13-16H2. The molecule has 35 heavy (non-hydrogen) atoms. The van der Waals surface area contributed by atoms with Gasteiger partial charge in [0.2, 0.25) is 11.7 Å². The molecule has 0 aliphatic carbocycles. The molecule has 0 bridgehead atoms. The van der Waals surface area contributed by atoms with Crippen LogP contribution in [0.4, 0.5) is 13.2 Å². The smallest absolute Gasteiger partial charge is 0.339 e. The fourth-order valence-corrected chi connectivity index (χ4v) is 3.78. The molecule has 1 aromatic heterocycles. The topological polar surface area (TPSA) is 59.2 Å². The SMILES string of the molecule is O=C(c1ccccc1Cl)N(CCc1ccccc1)CCc1nc(-c2cccc(C(F)(F)F)c2)no1. The van der Waals surface area contributed by atoms with Crippen LogP contribution in [0.3, 0.4) is 0 Å². The summed E-state index contributed by atoms with van der Waals surface area (Å²) < 4.78 is 44.3. The van der Waals surface area contributed by atoms with Crippen molar-refractivity contribution in [1.29, 1.82) is 0 Å². The number of amides is 1. The van der Waals surface area contributed by atoms with Crippen LogP contribution in [0.5, 0.6) is 0 Å². The van der Waals surface area contributed by atoms with Gasteiger partial charge in [-0.15, -0.1) is 0 Å². The van der Waals surface area contributed by atoms with E-state index < -0.39 is 11.7 Å². The molecule has 4 rings (SSSR count). The van der Waals surface area contributed by atoms with Crippen molar-refractivity contribution >= 4 is 17.5 Å². The van der Waals surface area contributed by atoms with Crippen molar-refractivity contribution in [2.24, 2.45) is 0 Å².